The highest BCUT2D eigenvalue weighted by molar-refractivity contribution is 7.92. The van der Waals surface area contributed by atoms with Crippen LogP contribution in [0.3, 0.4) is 0 Å². The van der Waals surface area contributed by atoms with Gasteiger partial charge in [-0.1, -0.05) is 6.07 Å². The summed E-state index contributed by atoms with van der Waals surface area (Å²) >= 11 is 0. The predicted octanol–water partition coefficient (Wildman–Crippen LogP) is 5.70. The molecule has 0 radical (unpaired) electrons. The molecule has 4 rings (SSSR count). The van der Waals surface area contributed by atoms with E-state index in [1.54, 1.807) is 26.8 Å². The molecule has 10 nitrogen and oxygen atoms in total. The third kappa shape index (κ3) is 7.36. The van der Waals surface area contributed by atoms with Crippen molar-refractivity contribution in [3.63, 3.8) is 0 Å². The number of anilines is 2. The zero-order valence-electron chi connectivity index (χ0n) is 25.6. The number of nitrogens with zero attached hydrogens (tertiary/aromatic N) is 1. The van der Waals surface area contributed by atoms with E-state index in [0.29, 0.717) is 30.8 Å². The Morgan fingerprint density at radius 1 is 1.04 bits per heavy atom. The summed E-state index contributed by atoms with van der Waals surface area (Å²) in [4.78, 5) is 27.9. The summed E-state index contributed by atoms with van der Waals surface area (Å²) in [6.45, 7) is 5.40. The first kappa shape index (κ1) is 33.7. The van der Waals surface area contributed by atoms with Gasteiger partial charge in [-0.15, -0.1) is 0 Å². The van der Waals surface area contributed by atoms with Gasteiger partial charge in [-0.2, -0.15) is 0 Å². The number of sulfone groups is 1. The number of benzene rings is 3. The van der Waals surface area contributed by atoms with Crippen LogP contribution >= 0.6 is 0 Å². The first-order valence-corrected chi connectivity index (χ1v) is 16.2. The molecule has 0 bridgehead atoms. The Kier molecular flexibility index (Phi) is 10.7. The van der Waals surface area contributed by atoms with Crippen LogP contribution in [-0.4, -0.2) is 50.8 Å². The monoisotopic (exact) mass is 644 g/mol. The molecule has 4 N–H and O–H groups in total. The number of likely N-dealkylation sites (tertiary alicyclic amines) is 1. The minimum atomic E-state index is -3.82. The second kappa shape index (κ2) is 14.2. The number of rotatable bonds is 11. The van der Waals surface area contributed by atoms with Gasteiger partial charge in [0.1, 0.15) is 23.4 Å². The fourth-order valence-corrected chi connectivity index (χ4v) is 6.62. The minimum absolute atomic E-state index is 0.0195. The number of nitrogens with one attached hydrogen (secondary N) is 2. The summed E-state index contributed by atoms with van der Waals surface area (Å²) in [6.07, 6.45) is 0.184. The van der Waals surface area contributed by atoms with Crippen LogP contribution in [0.2, 0.25) is 0 Å². The fraction of sp³-hybridized carbons (Fsp3) is 0.375. The molecule has 1 aliphatic heterocycles. The number of nitrogens with two attached hydrogens (primary N) is 1. The lowest BCUT2D eigenvalue weighted by Crippen LogP contribution is -2.38. The lowest BCUT2D eigenvalue weighted by Gasteiger charge is -2.32. The van der Waals surface area contributed by atoms with Crippen molar-refractivity contribution in [3.05, 3.63) is 82.9 Å². The van der Waals surface area contributed by atoms with Crippen molar-refractivity contribution in [1.29, 1.82) is 0 Å². The highest BCUT2D eigenvalue weighted by Crippen LogP contribution is 2.40. The third-order valence-electron chi connectivity index (χ3n) is 7.68. The number of hydrogen-bond acceptors (Lipinski definition) is 8. The molecule has 2 amide bonds. The van der Waals surface area contributed by atoms with Gasteiger partial charge in [-0.25, -0.2) is 22.0 Å². The molecule has 1 aliphatic rings. The molecule has 2 atom stereocenters. The molecule has 1 fully saturated rings. The largest absolute Gasteiger partial charge is 0.494 e. The van der Waals surface area contributed by atoms with E-state index in [4.69, 9.17) is 15.2 Å². The highest BCUT2D eigenvalue weighted by atomic mass is 32.2. The van der Waals surface area contributed by atoms with Crippen LogP contribution in [0.5, 0.6) is 5.75 Å². The Labute approximate surface area is 261 Å². The van der Waals surface area contributed by atoms with Crippen LogP contribution in [0.15, 0.2) is 59.5 Å². The molecule has 3 aromatic carbocycles. The summed E-state index contributed by atoms with van der Waals surface area (Å²) in [7, 11) is -2.62. The number of halogens is 2. The van der Waals surface area contributed by atoms with Crippen molar-refractivity contribution in [2.24, 2.45) is 5.73 Å². The topological polar surface area (TPSA) is 140 Å². The summed E-state index contributed by atoms with van der Waals surface area (Å²) in [5.41, 5.74) is 6.65. The Hall–Kier alpha value is -4.23. The minimum Gasteiger partial charge on any atom is -0.494 e. The number of carbonyl (C=O) groups excluding carboxylic acids is 2. The molecule has 45 heavy (non-hydrogen) atoms. The zero-order chi connectivity index (χ0) is 32.9. The van der Waals surface area contributed by atoms with Crippen LogP contribution in [0.25, 0.3) is 0 Å². The molecular formula is C32H38F2N4O6S. The Morgan fingerprint density at radius 2 is 1.78 bits per heavy atom. The number of methoxy groups -OCH3 is 1. The van der Waals surface area contributed by atoms with Crippen LogP contribution in [0.1, 0.15) is 62.4 Å². The van der Waals surface area contributed by atoms with E-state index in [1.165, 1.54) is 60.5 Å². The van der Waals surface area contributed by atoms with E-state index in [0.717, 1.165) is 0 Å². The fourth-order valence-electron chi connectivity index (χ4n) is 5.33. The molecule has 13 heteroatoms. The third-order valence-corrected chi connectivity index (χ3v) is 9.91. The Morgan fingerprint density at radius 3 is 2.42 bits per heavy atom. The molecule has 242 valence electrons. The quantitative estimate of drug-likeness (QED) is 0.242. The maximum atomic E-state index is 15.5. The number of hydrogen-bond donors (Lipinski definition) is 3. The van der Waals surface area contributed by atoms with Gasteiger partial charge in [-0.3, -0.25) is 10.1 Å². The van der Waals surface area contributed by atoms with E-state index >= 15 is 4.39 Å². The first-order chi connectivity index (χ1) is 21.4. The molecule has 0 saturated carbocycles. The van der Waals surface area contributed by atoms with E-state index in [9.17, 15) is 22.4 Å². The van der Waals surface area contributed by atoms with Crippen molar-refractivity contribution >= 4 is 33.2 Å². The SMILES string of the molecule is CCOc1ccc(F)c(C(Nc2ccc(CN)c(F)c2)C(=O)N2CCCC2c2cc(NC(=O)OC)ccc2S(=O)(=O)C(C)C)c1. The van der Waals surface area contributed by atoms with Crippen molar-refractivity contribution < 1.29 is 36.3 Å². The van der Waals surface area contributed by atoms with Crippen LogP contribution in [0, 0.1) is 11.6 Å². The van der Waals surface area contributed by atoms with E-state index < -0.39 is 50.8 Å². The number of ether oxygens (including phenoxy) is 2. The van der Waals surface area contributed by atoms with Gasteiger partial charge in [0.2, 0.25) is 5.91 Å². The van der Waals surface area contributed by atoms with Crippen molar-refractivity contribution in [2.45, 2.75) is 62.4 Å². The van der Waals surface area contributed by atoms with Gasteiger partial charge in [0, 0.05) is 35.6 Å². The average Bonchev–Trinajstić information content (AvgIpc) is 3.50. The predicted molar refractivity (Wildman–Crippen MR) is 167 cm³/mol. The second-order valence-corrected chi connectivity index (χ2v) is 13.3. The highest BCUT2D eigenvalue weighted by Gasteiger charge is 2.39. The number of carbonyl (C=O) groups is 2. The molecule has 0 aliphatic carbocycles. The van der Waals surface area contributed by atoms with Crippen molar-refractivity contribution in [3.8, 4) is 5.75 Å². The Balaban J connectivity index is 1.83. The molecule has 2 unspecified atom stereocenters. The molecule has 3 aromatic rings. The summed E-state index contributed by atoms with van der Waals surface area (Å²) < 4.78 is 67.4. The van der Waals surface area contributed by atoms with E-state index in [2.05, 4.69) is 10.6 Å². The lowest BCUT2D eigenvalue weighted by molar-refractivity contribution is -0.133. The molecule has 1 saturated heterocycles. The lowest BCUT2D eigenvalue weighted by atomic mass is 10.00. The van der Waals surface area contributed by atoms with Gasteiger partial charge < -0.3 is 25.4 Å². The number of amides is 2. The maximum absolute atomic E-state index is 15.5. The normalized spacial score (nSPS) is 15.6. The zero-order valence-corrected chi connectivity index (χ0v) is 26.4. The smallest absolute Gasteiger partial charge is 0.411 e. The van der Waals surface area contributed by atoms with Gasteiger partial charge >= 0.3 is 6.09 Å². The molecule has 1 heterocycles. The maximum Gasteiger partial charge on any atom is 0.411 e. The molecule has 0 aromatic heterocycles. The van der Waals surface area contributed by atoms with E-state index in [-0.39, 0.29) is 40.5 Å². The van der Waals surface area contributed by atoms with Crippen molar-refractivity contribution in [2.75, 3.05) is 30.9 Å². The summed E-state index contributed by atoms with van der Waals surface area (Å²) in [5, 5.41) is 4.78. The second-order valence-electron chi connectivity index (χ2n) is 10.9. The average molecular weight is 645 g/mol. The molecule has 0 spiro atoms. The van der Waals surface area contributed by atoms with Gasteiger partial charge in [0.05, 0.1) is 29.9 Å². The first-order valence-electron chi connectivity index (χ1n) is 14.6. The molecular weight excluding hydrogens is 606 g/mol. The van der Waals surface area contributed by atoms with Crippen molar-refractivity contribution in [1.82, 2.24) is 4.90 Å². The summed E-state index contributed by atoms with van der Waals surface area (Å²) in [5.74, 6) is -1.50. The van der Waals surface area contributed by atoms with Gasteiger partial charge in [0.25, 0.3) is 0 Å². The summed E-state index contributed by atoms with van der Waals surface area (Å²) in [6, 6.07) is 10.6. The Bertz CT molecular complexity index is 1670. The van der Waals surface area contributed by atoms with Crippen LogP contribution in [0.4, 0.5) is 25.0 Å². The van der Waals surface area contributed by atoms with Gasteiger partial charge in [-0.05, 0) is 87.7 Å². The standard InChI is InChI=1S/C32H38F2N4O6S/c1-5-44-23-11-12-26(33)24(17-23)30(36-22-9-8-20(18-35)27(34)16-22)31(39)38-14-6-7-28(38)25-15-21(37-32(40)43-4)10-13-29(25)45(41,42)19(2)3/h8-13,15-17,19,28,30,36H,5-7,14,18,35H2,1-4H3,(H,37,40). The van der Waals surface area contributed by atoms with Crippen LogP contribution in [-0.2, 0) is 25.9 Å². The van der Waals surface area contributed by atoms with Crippen LogP contribution < -0.4 is 21.1 Å². The van der Waals surface area contributed by atoms with Gasteiger partial charge in [0.15, 0.2) is 9.84 Å². The van der Waals surface area contributed by atoms with E-state index in [1.807, 2.05) is 0 Å².